The van der Waals surface area contributed by atoms with Gasteiger partial charge in [0, 0.05) is 30.8 Å². The number of esters is 1. The van der Waals surface area contributed by atoms with E-state index in [0.717, 1.165) is 36.6 Å². The molecule has 14 nitrogen and oxygen atoms in total. The third-order valence-electron chi connectivity index (χ3n) is 8.48. The zero-order valence-corrected chi connectivity index (χ0v) is 31.1. The van der Waals surface area contributed by atoms with Crippen molar-refractivity contribution >= 4 is 30.0 Å². The van der Waals surface area contributed by atoms with Crippen molar-refractivity contribution in [1.82, 2.24) is 26.3 Å². The van der Waals surface area contributed by atoms with Gasteiger partial charge in [0.1, 0.15) is 12.1 Å². The molecule has 3 aromatic rings. The van der Waals surface area contributed by atoms with Crippen LogP contribution in [-0.2, 0) is 41.4 Å². The van der Waals surface area contributed by atoms with Crippen LogP contribution in [-0.4, -0.2) is 91.7 Å². The molecule has 0 aliphatic carbocycles. The summed E-state index contributed by atoms with van der Waals surface area (Å²) < 4.78 is 14.7. The van der Waals surface area contributed by atoms with E-state index in [4.69, 9.17) is 9.47 Å². The first-order valence-electron chi connectivity index (χ1n) is 17.4. The standard InChI is InChI=1S/C39H51N5O9/c1-25(36(48)51-5)32(43-37(49)52-6)34(46)41-24-30(45)23-29(22-27-15-17-28(18-16-27)31-14-10-11-20-40-31)42-35(47)33(39(2,3)4)44-38(50)53-21-19-26-12-8-7-9-13-26/h7-18,20,25,29-30,32-33,45H,19,21-24H2,1-6H3,(H,41,46)(H,42,47)(H,43,49)(H,44,50)/t25-,29-,30-,32-,33+/m0/s1. The molecule has 0 unspecified atom stereocenters. The van der Waals surface area contributed by atoms with Crippen molar-refractivity contribution in [3.8, 4) is 11.3 Å². The zero-order chi connectivity index (χ0) is 39.0. The first-order valence-corrected chi connectivity index (χ1v) is 17.4. The molecule has 3 rings (SSSR count). The highest BCUT2D eigenvalue weighted by Gasteiger charge is 2.36. The highest BCUT2D eigenvalue weighted by atomic mass is 16.5. The molecule has 4 amide bonds. The normalized spacial score (nSPS) is 13.9. The van der Waals surface area contributed by atoms with Crippen LogP contribution in [0, 0.1) is 11.3 Å². The van der Waals surface area contributed by atoms with Gasteiger partial charge in [0.05, 0.1) is 38.5 Å². The van der Waals surface area contributed by atoms with Gasteiger partial charge < -0.3 is 40.6 Å². The summed E-state index contributed by atoms with van der Waals surface area (Å²) in [4.78, 5) is 68.3. The fraction of sp³-hybridized carbons (Fsp3) is 0.436. The lowest BCUT2D eigenvalue weighted by Crippen LogP contribution is -2.56. The van der Waals surface area contributed by atoms with Crippen molar-refractivity contribution in [1.29, 1.82) is 0 Å². The Balaban J connectivity index is 1.75. The van der Waals surface area contributed by atoms with Gasteiger partial charge in [0.25, 0.3) is 0 Å². The zero-order valence-electron chi connectivity index (χ0n) is 31.1. The molecule has 2 aromatic carbocycles. The number of nitrogens with zero attached hydrogens (tertiary/aromatic N) is 1. The number of aliphatic hydroxyl groups excluding tert-OH is 1. The molecule has 0 spiro atoms. The SMILES string of the molecule is COC(=O)N[C@H](C(=O)NC[C@@H](O)C[C@H](Cc1ccc(-c2ccccn2)cc1)NC(=O)[C@@H](NC(=O)OCCc1ccccc1)C(C)(C)C)[C@H](C)C(=O)OC. The number of hydrogen-bond donors (Lipinski definition) is 5. The molecule has 0 saturated carbocycles. The number of aromatic nitrogens is 1. The molecule has 0 aliphatic rings. The van der Waals surface area contributed by atoms with Crippen LogP contribution in [0.25, 0.3) is 11.3 Å². The Morgan fingerprint density at radius 3 is 2.08 bits per heavy atom. The van der Waals surface area contributed by atoms with Gasteiger partial charge in [0.2, 0.25) is 11.8 Å². The Morgan fingerprint density at radius 2 is 1.47 bits per heavy atom. The number of amides is 4. The third-order valence-corrected chi connectivity index (χ3v) is 8.48. The topological polar surface area (TPSA) is 194 Å². The van der Waals surface area contributed by atoms with E-state index >= 15 is 0 Å². The van der Waals surface area contributed by atoms with Gasteiger partial charge in [-0.3, -0.25) is 19.4 Å². The van der Waals surface area contributed by atoms with Crippen LogP contribution in [0.1, 0.15) is 45.2 Å². The molecule has 286 valence electrons. The largest absolute Gasteiger partial charge is 0.469 e. The molecule has 5 atom stereocenters. The first kappa shape index (κ1) is 41.9. The molecule has 0 fully saturated rings. The molecule has 1 heterocycles. The van der Waals surface area contributed by atoms with Crippen molar-refractivity contribution in [2.75, 3.05) is 27.4 Å². The highest BCUT2D eigenvalue weighted by Crippen LogP contribution is 2.22. The second-order valence-corrected chi connectivity index (χ2v) is 13.7. The third kappa shape index (κ3) is 13.9. The van der Waals surface area contributed by atoms with Crippen LogP contribution >= 0.6 is 0 Å². The van der Waals surface area contributed by atoms with Gasteiger partial charge in [-0.25, -0.2) is 9.59 Å². The van der Waals surface area contributed by atoms with E-state index in [-0.39, 0.29) is 19.6 Å². The molecule has 0 saturated heterocycles. The number of methoxy groups -OCH3 is 2. The highest BCUT2D eigenvalue weighted by molar-refractivity contribution is 5.90. The van der Waals surface area contributed by atoms with Crippen molar-refractivity contribution < 1.29 is 43.3 Å². The summed E-state index contributed by atoms with van der Waals surface area (Å²) in [6.45, 7) is 6.69. The van der Waals surface area contributed by atoms with E-state index in [9.17, 15) is 29.1 Å². The van der Waals surface area contributed by atoms with Crippen LogP contribution in [0.15, 0.2) is 79.0 Å². The second kappa shape index (κ2) is 20.5. The summed E-state index contributed by atoms with van der Waals surface area (Å²) in [7, 11) is 2.27. The molecular formula is C39H51N5O9. The van der Waals surface area contributed by atoms with E-state index in [2.05, 4.69) is 31.0 Å². The van der Waals surface area contributed by atoms with Crippen molar-refractivity contribution in [2.24, 2.45) is 11.3 Å². The quantitative estimate of drug-likeness (QED) is 0.101. The second-order valence-electron chi connectivity index (χ2n) is 13.7. The average Bonchev–Trinajstić information content (AvgIpc) is 3.14. The maximum Gasteiger partial charge on any atom is 0.407 e. The Bertz CT molecular complexity index is 1630. The van der Waals surface area contributed by atoms with E-state index in [0.29, 0.717) is 12.8 Å². The van der Waals surface area contributed by atoms with Gasteiger partial charge in [-0.05, 0) is 48.4 Å². The molecule has 0 radical (unpaired) electrons. The number of aliphatic hydroxyl groups is 1. The summed E-state index contributed by atoms with van der Waals surface area (Å²) in [6, 6.07) is 19.8. The van der Waals surface area contributed by atoms with Gasteiger partial charge in [-0.15, -0.1) is 0 Å². The molecule has 14 heteroatoms. The predicted octanol–water partition coefficient (Wildman–Crippen LogP) is 3.56. The average molecular weight is 734 g/mol. The van der Waals surface area contributed by atoms with Crippen LogP contribution in [0.2, 0.25) is 0 Å². The molecule has 0 aliphatic heterocycles. The lowest BCUT2D eigenvalue weighted by atomic mass is 9.85. The maximum atomic E-state index is 13.9. The van der Waals surface area contributed by atoms with Crippen molar-refractivity contribution in [3.63, 3.8) is 0 Å². The molecule has 1 aromatic heterocycles. The maximum absolute atomic E-state index is 13.9. The number of carbonyl (C=O) groups is 5. The fourth-order valence-electron chi connectivity index (χ4n) is 5.51. The summed E-state index contributed by atoms with van der Waals surface area (Å²) in [5, 5.41) is 21.7. The Hall–Kier alpha value is -5.50. The molecular weight excluding hydrogens is 682 g/mol. The molecule has 0 bridgehead atoms. The number of ether oxygens (including phenoxy) is 3. The van der Waals surface area contributed by atoms with E-state index in [1.165, 1.54) is 6.92 Å². The van der Waals surface area contributed by atoms with Gasteiger partial charge in [0.15, 0.2) is 0 Å². The van der Waals surface area contributed by atoms with Crippen LogP contribution in [0.4, 0.5) is 9.59 Å². The summed E-state index contributed by atoms with van der Waals surface area (Å²) in [5.74, 6) is -3.04. The Kier molecular flexibility index (Phi) is 16.2. The van der Waals surface area contributed by atoms with Crippen molar-refractivity contribution in [3.05, 3.63) is 90.1 Å². The van der Waals surface area contributed by atoms with Crippen LogP contribution in [0.5, 0.6) is 0 Å². The number of alkyl carbamates (subject to hydrolysis) is 2. The number of hydrogen-bond acceptors (Lipinski definition) is 10. The van der Waals surface area contributed by atoms with Gasteiger partial charge in [-0.1, -0.05) is 81.4 Å². The lowest BCUT2D eigenvalue weighted by Gasteiger charge is -2.32. The van der Waals surface area contributed by atoms with E-state index < -0.39 is 65.5 Å². The van der Waals surface area contributed by atoms with Crippen molar-refractivity contribution in [2.45, 2.75) is 71.2 Å². The number of rotatable bonds is 17. The smallest absolute Gasteiger partial charge is 0.407 e. The Morgan fingerprint density at radius 1 is 0.792 bits per heavy atom. The summed E-state index contributed by atoms with van der Waals surface area (Å²) >= 11 is 0. The Labute approximate surface area is 310 Å². The molecule has 5 N–H and O–H groups in total. The number of carbonyl (C=O) groups excluding carboxylic acids is 5. The minimum Gasteiger partial charge on any atom is -0.469 e. The monoisotopic (exact) mass is 733 g/mol. The number of pyridine rings is 1. The predicted molar refractivity (Wildman–Crippen MR) is 197 cm³/mol. The van der Waals surface area contributed by atoms with Gasteiger partial charge in [-0.2, -0.15) is 0 Å². The van der Waals surface area contributed by atoms with Gasteiger partial charge >= 0.3 is 18.2 Å². The summed E-state index contributed by atoms with van der Waals surface area (Å²) in [5.41, 5.74) is 2.83. The lowest BCUT2D eigenvalue weighted by molar-refractivity contribution is -0.148. The fourth-order valence-corrected chi connectivity index (χ4v) is 5.51. The van der Waals surface area contributed by atoms with E-state index in [1.807, 2.05) is 93.6 Å². The first-order chi connectivity index (χ1) is 25.2. The van der Waals surface area contributed by atoms with E-state index in [1.54, 1.807) is 6.20 Å². The minimum absolute atomic E-state index is 0.00590. The number of nitrogens with one attached hydrogen (secondary N) is 4. The molecule has 53 heavy (non-hydrogen) atoms. The summed E-state index contributed by atoms with van der Waals surface area (Å²) in [6.07, 6.45) is -0.336. The van der Waals surface area contributed by atoms with Crippen LogP contribution < -0.4 is 21.3 Å². The minimum atomic E-state index is -1.35. The number of benzene rings is 2. The van der Waals surface area contributed by atoms with Crippen LogP contribution in [0.3, 0.4) is 0 Å².